The first-order valence-corrected chi connectivity index (χ1v) is 5.90. The molecule has 0 fully saturated rings. The number of halogens is 3. The highest BCUT2D eigenvalue weighted by molar-refractivity contribution is 5.63. The third kappa shape index (κ3) is 2.33. The van der Waals surface area contributed by atoms with Crippen molar-refractivity contribution in [3.8, 4) is 22.8 Å². The molecule has 106 valence electrons. The SMILES string of the molecule is Nc1cccc(-c2noc(-c3ccc(F)c(F)c3F)n2)c1. The minimum atomic E-state index is -1.59. The molecule has 3 rings (SSSR count). The molecule has 21 heavy (non-hydrogen) atoms. The van der Waals surface area contributed by atoms with Crippen molar-refractivity contribution in [2.75, 3.05) is 5.73 Å². The van der Waals surface area contributed by atoms with Crippen LogP contribution in [0.15, 0.2) is 40.9 Å². The molecule has 0 bridgehead atoms. The second-order valence-electron chi connectivity index (χ2n) is 4.27. The molecule has 0 spiro atoms. The second kappa shape index (κ2) is 4.93. The van der Waals surface area contributed by atoms with Gasteiger partial charge in [-0.2, -0.15) is 4.98 Å². The standard InChI is InChI=1S/C14H8F3N3O/c15-10-5-4-9(11(16)12(10)17)14-19-13(20-21-14)7-2-1-3-8(18)6-7/h1-6H,18H2. The van der Waals surface area contributed by atoms with Gasteiger partial charge in [-0.1, -0.05) is 17.3 Å². The number of nitrogens with zero attached hydrogens (tertiary/aromatic N) is 2. The van der Waals surface area contributed by atoms with Crippen LogP contribution in [0, 0.1) is 17.5 Å². The molecule has 7 heteroatoms. The van der Waals surface area contributed by atoms with Gasteiger partial charge in [0.1, 0.15) is 0 Å². The van der Waals surface area contributed by atoms with Gasteiger partial charge in [-0.05, 0) is 24.3 Å². The van der Waals surface area contributed by atoms with Crippen molar-refractivity contribution in [1.29, 1.82) is 0 Å². The highest BCUT2D eigenvalue weighted by Crippen LogP contribution is 2.27. The molecule has 0 aliphatic heterocycles. The molecule has 2 aromatic carbocycles. The maximum absolute atomic E-state index is 13.7. The first-order valence-electron chi connectivity index (χ1n) is 5.90. The lowest BCUT2D eigenvalue weighted by Crippen LogP contribution is -1.94. The Labute approximate surface area is 117 Å². The normalized spacial score (nSPS) is 10.8. The molecule has 0 unspecified atom stereocenters. The molecule has 0 radical (unpaired) electrons. The summed E-state index contributed by atoms with van der Waals surface area (Å²) >= 11 is 0. The van der Waals surface area contributed by atoms with Gasteiger partial charge in [0, 0.05) is 11.3 Å². The monoisotopic (exact) mass is 291 g/mol. The van der Waals surface area contributed by atoms with Crippen molar-refractivity contribution in [3.05, 3.63) is 53.8 Å². The molecule has 3 aromatic rings. The van der Waals surface area contributed by atoms with Crippen molar-refractivity contribution in [2.45, 2.75) is 0 Å². The number of nitrogen functional groups attached to an aromatic ring is 1. The van der Waals surface area contributed by atoms with E-state index in [4.69, 9.17) is 10.3 Å². The Morgan fingerprint density at radius 2 is 1.81 bits per heavy atom. The molecule has 0 aliphatic rings. The third-order valence-electron chi connectivity index (χ3n) is 2.84. The van der Waals surface area contributed by atoms with E-state index >= 15 is 0 Å². The summed E-state index contributed by atoms with van der Waals surface area (Å²) in [6, 6.07) is 8.49. The van der Waals surface area contributed by atoms with E-state index in [0.29, 0.717) is 11.3 Å². The van der Waals surface area contributed by atoms with Crippen molar-refractivity contribution in [3.63, 3.8) is 0 Å². The van der Waals surface area contributed by atoms with Crippen molar-refractivity contribution < 1.29 is 17.7 Å². The molecule has 4 nitrogen and oxygen atoms in total. The topological polar surface area (TPSA) is 64.9 Å². The Kier molecular flexibility index (Phi) is 3.09. The molecule has 0 saturated carbocycles. The number of benzene rings is 2. The van der Waals surface area contributed by atoms with E-state index in [0.717, 1.165) is 12.1 Å². The van der Waals surface area contributed by atoms with Gasteiger partial charge in [-0.3, -0.25) is 0 Å². The summed E-state index contributed by atoms with van der Waals surface area (Å²) in [7, 11) is 0. The van der Waals surface area contributed by atoms with E-state index in [1.165, 1.54) is 0 Å². The zero-order valence-electron chi connectivity index (χ0n) is 10.5. The second-order valence-corrected chi connectivity index (χ2v) is 4.27. The quantitative estimate of drug-likeness (QED) is 0.580. The van der Waals surface area contributed by atoms with E-state index in [1.54, 1.807) is 24.3 Å². The predicted octanol–water partition coefficient (Wildman–Crippen LogP) is 3.40. The van der Waals surface area contributed by atoms with E-state index in [9.17, 15) is 13.2 Å². The Balaban J connectivity index is 2.05. The average Bonchev–Trinajstić information content (AvgIpc) is 2.94. The van der Waals surface area contributed by atoms with E-state index < -0.39 is 17.5 Å². The van der Waals surface area contributed by atoms with Gasteiger partial charge in [0.15, 0.2) is 17.5 Å². The fourth-order valence-electron chi connectivity index (χ4n) is 1.82. The van der Waals surface area contributed by atoms with Gasteiger partial charge in [0.25, 0.3) is 5.89 Å². The van der Waals surface area contributed by atoms with Gasteiger partial charge in [0.2, 0.25) is 5.82 Å². The van der Waals surface area contributed by atoms with Crippen LogP contribution >= 0.6 is 0 Å². The molecule has 1 aromatic heterocycles. The fourth-order valence-corrected chi connectivity index (χ4v) is 1.82. The zero-order chi connectivity index (χ0) is 15.0. The maximum Gasteiger partial charge on any atom is 0.261 e. The summed E-state index contributed by atoms with van der Waals surface area (Å²) in [6.45, 7) is 0. The Hall–Kier alpha value is -2.83. The van der Waals surface area contributed by atoms with E-state index in [1.807, 2.05) is 0 Å². The minimum Gasteiger partial charge on any atom is -0.399 e. The summed E-state index contributed by atoms with van der Waals surface area (Å²) in [5.41, 5.74) is 6.39. The number of hydrogen-bond donors (Lipinski definition) is 1. The third-order valence-corrected chi connectivity index (χ3v) is 2.84. The van der Waals surface area contributed by atoms with Crippen LogP contribution in [0.1, 0.15) is 0 Å². The van der Waals surface area contributed by atoms with Crippen molar-refractivity contribution in [1.82, 2.24) is 10.1 Å². The lowest BCUT2D eigenvalue weighted by Gasteiger charge is -1.99. The zero-order valence-corrected chi connectivity index (χ0v) is 10.5. The first-order chi connectivity index (χ1) is 10.1. The van der Waals surface area contributed by atoms with Crippen molar-refractivity contribution >= 4 is 5.69 Å². The highest BCUT2D eigenvalue weighted by Gasteiger charge is 2.19. The van der Waals surface area contributed by atoms with Gasteiger partial charge in [0.05, 0.1) is 5.56 Å². The van der Waals surface area contributed by atoms with Gasteiger partial charge in [-0.25, -0.2) is 13.2 Å². The maximum atomic E-state index is 13.7. The molecular weight excluding hydrogens is 283 g/mol. The Morgan fingerprint density at radius 3 is 2.57 bits per heavy atom. The number of anilines is 1. The van der Waals surface area contributed by atoms with Crippen LogP contribution in [-0.2, 0) is 0 Å². The number of nitrogens with two attached hydrogens (primary N) is 1. The minimum absolute atomic E-state index is 0.168. The van der Waals surface area contributed by atoms with Crippen LogP contribution < -0.4 is 5.73 Å². The van der Waals surface area contributed by atoms with E-state index in [-0.39, 0.29) is 17.3 Å². The van der Waals surface area contributed by atoms with Crippen LogP contribution in [-0.4, -0.2) is 10.1 Å². The van der Waals surface area contributed by atoms with Crippen LogP contribution in [0.3, 0.4) is 0 Å². The number of rotatable bonds is 2. The van der Waals surface area contributed by atoms with Crippen LogP contribution in [0.2, 0.25) is 0 Å². The van der Waals surface area contributed by atoms with Crippen molar-refractivity contribution in [2.24, 2.45) is 0 Å². The fraction of sp³-hybridized carbons (Fsp3) is 0. The van der Waals surface area contributed by atoms with E-state index in [2.05, 4.69) is 10.1 Å². The summed E-state index contributed by atoms with van der Waals surface area (Å²) in [6.07, 6.45) is 0. The number of aromatic nitrogens is 2. The molecule has 0 aliphatic carbocycles. The van der Waals surface area contributed by atoms with Crippen LogP contribution in [0.4, 0.5) is 18.9 Å². The molecule has 0 saturated heterocycles. The summed E-state index contributed by atoms with van der Waals surface area (Å²) in [4.78, 5) is 3.96. The highest BCUT2D eigenvalue weighted by atomic mass is 19.2. The molecule has 2 N–H and O–H groups in total. The van der Waals surface area contributed by atoms with Crippen LogP contribution in [0.25, 0.3) is 22.8 Å². The molecular formula is C14H8F3N3O. The smallest absolute Gasteiger partial charge is 0.261 e. The van der Waals surface area contributed by atoms with Gasteiger partial charge >= 0.3 is 0 Å². The average molecular weight is 291 g/mol. The lowest BCUT2D eigenvalue weighted by atomic mass is 10.2. The summed E-state index contributed by atoms with van der Waals surface area (Å²) in [5, 5.41) is 3.67. The summed E-state index contributed by atoms with van der Waals surface area (Å²) < 4.78 is 44.6. The molecule has 0 amide bonds. The van der Waals surface area contributed by atoms with Gasteiger partial charge in [-0.15, -0.1) is 0 Å². The largest absolute Gasteiger partial charge is 0.399 e. The van der Waals surface area contributed by atoms with Crippen LogP contribution in [0.5, 0.6) is 0 Å². The first kappa shape index (κ1) is 13.2. The Morgan fingerprint density at radius 1 is 1.00 bits per heavy atom. The lowest BCUT2D eigenvalue weighted by molar-refractivity contribution is 0.420. The Bertz CT molecular complexity index is 817. The molecule has 0 atom stereocenters. The predicted molar refractivity (Wildman–Crippen MR) is 69.5 cm³/mol. The number of hydrogen-bond acceptors (Lipinski definition) is 4. The van der Waals surface area contributed by atoms with Gasteiger partial charge < -0.3 is 10.3 Å². The summed E-state index contributed by atoms with van der Waals surface area (Å²) in [5.74, 6) is -4.33. The molecule has 1 heterocycles.